The fourth-order valence-corrected chi connectivity index (χ4v) is 13.9. The van der Waals surface area contributed by atoms with Gasteiger partial charge in [0.25, 0.3) is 5.91 Å². The van der Waals surface area contributed by atoms with Crippen molar-refractivity contribution < 1.29 is 33.3 Å². The number of hydrazine groups is 1. The zero-order chi connectivity index (χ0) is 50.8. The molecule has 17 nitrogen and oxygen atoms in total. The summed E-state index contributed by atoms with van der Waals surface area (Å²) in [4.78, 5) is 63.8. The third kappa shape index (κ3) is 9.85. The Kier molecular flexibility index (Phi) is 14.0. The van der Waals surface area contributed by atoms with Crippen LogP contribution in [0.5, 0.6) is 0 Å². The van der Waals surface area contributed by atoms with Crippen LogP contribution in [0.4, 0.5) is 10.5 Å². The van der Waals surface area contributed by atoms with Crippen LogP contribution in [0.1, 0.15) is 114 Å². The Morgan fingerprint density at radius 1 is 1.00 bits per heavy atom. The Hall–Kier alpha value is -4.69. The van der Waals surface area contributed by atoms with Crippen LogP contribution in [0, 0.1) is 11.3 Å². The van der Waals surface area contributed by atoms with Crippen molar-refractivity contribution in [3.8, 4) is 22.5 Å². The van der Waals surface area contributed by atoms with Crippen LogP contribution in [0.3, 0.4) is 0 Å². The van der Waals surface area contributed by atoms with Gasteiger partial charge in [-0.25, -0.2) is 15.2 Å². The summed E-state index contributed by atoms with van der Waals surface area (Å²) in [5.74, 6) is -0.107. The van der Waals surface area contributed by atoms with E-state index in [1.165, 1.54) is 12.8 Å². The van der Waals surface area contributed by atoms with E-state index in [9.17, 15) is 9.59 Å². The van der Waals surface area contributed by atoms with Crippen molar-refractivity contribution in [2.45, 2.75) is 147 Å². The second-order valence-corrected chi connectivity index (χ2v) is 24.3. The molecule has 0 spiro atoms. The number of pyridine rings is 1. The zero-order valence-corrected chi connectivity index (χ0v) is 44.9. The molecule has 13 rings (SSSR count). The van der Waals surface area contributed by atoms with Gasteiger partial charge >= 0.3 is 12.0 Å². The van der Waals surface area contributed by atoms with E-state index in [1.54, 1.807) is 23.5 Å². The molecule has 2 saturated carbocycles. The first-order chi connectivity index (χ1) is 35.9. The number of carbonyl (C=O) groups is 3. The highest BCUT2D eigenvalue weighted by Crippen LogP contribution is 2.48. The lowest BCUT2D eigenvalue weighted by Gasteiger charge is -2.43. The molecule has 10 heterocycles. The summed E-state index contributed by atoms with van der Waals surface area (Å²) in [5.41, 5.74) is 10.8. The van der Waals surface area contributed by atoms with Crippen molar-refractivity contribution in [3.63, 3.8) is 0 Å². The third-order valence-electron chi connectivity index (χ3n) is 17.7. The molecule has 18 heteroatoms. The average Bonchev–Trinajstić information content (AvgIpc) is 3.64. The summed E-state index contributed by atoms with van der Waals surface area (Å²) < 4.78 is 27.3. The molecular weight excluding hydrogens is 957 g/mol. The first-order valence-corrected chi connectivity index (χ1v) is 28.7. The van der Waals surface area contributed by atoms with Crippen molar-refractivity contribution in [1.29, 1.82) is 0 Å². The molecule has 74 heavy (non-hydrogen) atoms. The molecule has 8 bridgehead atoms. The number of anilines is 1. The summed E-state index contributed by atoms with van der Waals surface area (Å²) >= 11 is 1.56. The van der Waals surface area contributed by atoms with Crippen molar-refractivity contribution in [1.82, 2.24) is 45.0 Å². The number of thiazole rings is 1. The first-order valence-electron chi connectivity index (χ1n) is 27.8. The fraction of sp³-hybridized carbons (Fsp3) is 0.661. The number of aromatic nitrogens is 3. The number of nitrogens with zero attached hydrogens (tertiary/aromatic N) is 8. The maximum atomic E-state index is 15.2. The van der Waals surface area contributed by atoms with E-state index < -0.39 is 29.5 Å². The van der Waals surface area contributed by atoms with Gasteiger partial charge in [-0.2, -0.15) is 0 Å². The first kappa shape index (κ1) is 50.1. The molecule has 3 amide bonds. The zero-order valence-electron chi connectivity index (χ0n) is 44.1. The van der Waals surface area contributed by atoms with Gasteiger partial charge in [0.15, 0.2) is 0 Å². The molecule has 3 aromatic heterocycles. The summed E-state index contributed by atoms with van der Waals surface area (Å²) in [6, 6.07) is 7.74. The van der Waals surface area contributed by atoms with Gasteiger partial charge in [-0.3, -0.25) is 29.4 Å². The average molecular weight is 1030 g/mol. The highest BCUT2D eigenvalue weighted by atomic mass is 32.1. The normalized spacial score (nSPS) is 28.4. The highest BCUT2D eigenvalue weighted by molar-refractivity contribution is 7.10. The number of hydrogen-bond donors (Lipinski definition) is 2. The lowest BCUT2D eigenvalue weighted by Crippen LogP contribution is -2.64. The van der Waals surface area contributed by atoms with Crippen LogP contribution in [0.15, 0.2) is 35.8 Å². The second-order valence-electron chi connectivity index (χ2n) is 23.4. The Balaban J connectivity index is 1.01. The Bertz CT molecular complexity index is 2720. The highest BCUT2D eigenvalue weighted by Gasteiger charge is 2.52. The fourth-order valence-electron chi connectivity index (χ4n) is 12.9. The van der Waals surface area contributed by atoms with Crippen molar-refractivity contribution in [2.75, 3.05) is 84.3 Å². The molecule has 9 aliphatic rings. The minimum Gasteiger partial charge on any atom is -0.464 e. The lowest BCUT2D eigenvalue weighted by atomic mass is 9.84. The van der Waals surface area contributed by atoms with E-state index in [4.69, 9.17) is 28.9 Å². The van der Waals surface area contributed by atoms with Crippen LogP contribution >= 0.6 is 11.3 Å². The molecule has 7 aliphatic heterocycles. The minimum atomic E-state index is -0.946. The predicted molar refractivity (Wildman–Crippen MR) is 284 cm³/mol. The summed E-state index contributed by atoms with van der Waals surface area (Å²) in [7, 11) is 1.75. The summed E-state index contributed by atoms with van der Waals surface area (Å²) in [6.45, 7) is 17.0. The number of esters is 1. The van der Waals surface area contributed by atoms with Gasteiger partial charge in [0.1, 0.15) is 17.1 Å². The maximum absolute atomic E-state index is 15.2. The molecule has 1 unspecified atom stereocenters. The van der Waals surface area contributed by atoms with Gasteiger partial charge in [0.05, 0.1) is 60.4 Å². The van der Waals surface area contributed by atoms with Crippen LogP contribution in [0.25, 0.3) is 33.4 Å². The third-order valence-corrected chi connectivity index (χ3v) is 18.6. The van der Waals surface area contributed by atoms with E-state index in [-0.39, 0.29) is 36.8 Å². The predicted octanol–water partition coefficient (Wildman–Crippen LogP) is 6.94. The number of cyclic esters (lactones) is 1. The second kappa shape index (κ2) is 20.7. The van der Waals surface area contributed by atoms with Gasteiger partial charge in [0.2, 0.25) is 0 Å². The molecule has 0 radical (unpaired) electrons. The molecule has 1 aromatic carbocycles. The largest absolute Gasteiger partial charge is 0.464 e. The number of amides is 3. The van der Waals surface area contributed by atoms with Crippen molar-refractivity contribution in [3.05, 3.63) is 52.1 Å². The number of ether oxygens (including phenoxy) is 4. The topological polar surface area (TPSA) is 159 Å². The standard InChI is InChI=1S/C56H76N10O7S/c1-34-12-16-63(34)55(69)59-49-51(65-31-36-25-39(65)26-36)52-58-46(32-74-52)37-8-11-47-42(27-37)44(29-56(3,4)33-73-54(68)45-7-6-15-66(60-45)53(49)67)50(64(47)21-24-72-41-13-22-71-23-14-41)43-28-40(30-57-48(43)35(2)70-5)62-19-17-61(18-20-62)38-9-10-38/h8,11,27-28,30,32,34-36,38-39,41,45,49,51,60H,6-7,9-10,12-26,29,31,33H2,1-5H3,(H,59,69)/t34-,35+,36?,39?,45?,49+,51+/m1/s1. The van der Waals surface area contributed by atoms with Crippen LogP contribution in [-0.2, 0) is 41.5 Å². The maximum Gasteiger partial charge on any atom is 0.324 e. The number of methoxy groups -OCH3 is 1. The number of fused-ring (bicyclic) bond motifs is 7. The molecule has 398 valence electrons. The number of carbonyl (C=O) groups excluding carboxylic acids is 3. The summed E-state index contributed by atoms with van der Waals surface area (Å²) in [5, 5.41) is 8.85. The van der Waals surface area contributed by atoms with E-state index >= 15 is 4.79 Å². The molecule has 4 aromatic rings. The molecule has 6 saturated heterocycles. The van der Waals surface area contributed by atoms with E-state index in [1.807, 2.05) is 18.0 Å². The smallest absolute Gasteiger partial charge is 0.324 e. The Morgan fingerprint density at radius 2 is 1.81 bits per heavy atom. The number of hydrogen-bond acceptors (Lipinski definition) is 14. The molecule has 5 atom stereocenters. The van der Waals surface area contributed by atoms with Gasteiger partial charge < -0.3 is 38.6 Å². The number of urea groups is 1. The van der Waals surface area contributed by atoms with E-state index in [0.29, 0.717) is 70.7 Å². The number of benzene rings is 1. The SMILES string of the molecule is CO[C@@H](C)c1ncc(N2CCN(C3CC3)CC2)cc1-c1c2c3cc(ccc3n1CCOC1CCOCC1)-c1csc(n1)[C@@H](N1CC3CC1C3)[C@H](NC(=O)N1CC[C@H]1C)C(=O)N1CCCC(N1)C(=O)OCC(C)(C)C2. The van der Waals surface area contributed by atoms with Gasteiger partial charge in [-0.05, 0) is 108 Å². The van der Waals surface area contributed by atoms with Gasteiger partial charge in [-0.1, -0.05) is 19.9 Å². The number of likely N-dealkylation sites (tertiary alicyclic amines) is 1. The van der Waals surface area contributed by atoms with Gasteiger partial charge in [0, 0.05) is 124 Å². The van der Waals surface area contributed by atoms with E-state index in [2.05, 4.69) is 80.4 Å². The van der Waals surface area contributed by atoms with Crippen molar-refractivity contribution in [2.24, 2.45) is 11.3 Å². The quantitative estimate of drug-likeness (QED) is 0.149. The number of rotatable bonds is 11. The van der Waals surface area contributed by atoms with Crippen LogP contribution in [-0.4, -0.2) is 168 Å². The number of nitrogens with one attached hydrogen (secondary N) is 2. The molecule has 2 N–H and O–H groups in total. The summed E-state index contributed by atoms with van der Waals surface area (Å²) in [6.07, 6.45) is 11.0. The number of piperazine rings is 1. The Morgan fingerprint density at radius 3 is 2.53 bits per heavy atom. The molecule has 8 fully saturated rings. The van der Waals surface area contributed by atoms with E-state index in [0.717, 1.165) is 126 Å². The van der Waals surface area contributed by atoms with Crippen LogP contribution < -0.4 is 15.6 Å². The molecular formula is C56H76N10O7S. The van der Waals surface area contributed by atoms with Crippen LogP contribution in [0.2, 0.25) is 0 Å². The minimum absolute atomic E-state index is 0.0861. The van der Waals surface area contributed by atoms with Crippen molar-refractivity contribution >= 4 is 45.8 Å². The lowest BCUT2D eigenvalue weighted by molar-refractivity contribution is -0.155. The Labute approximate surface area is 439 Å². The molecule has 2 aliphatic carbocycles. The monoisotopic (exact) mass is 1030 g/mol. The van der Waals surface area contributed by atoms with Gasteiger partial charge in [-0.15, -0.1) is 11.3 Å².